The molecule has 0 spiro atoms. The van der Waals surface area contributed by atoms with Gasteiger partial charge in [-0.1, -0.05) is 0 Å². The van der Waals surface area contributed by atoms with Crippen molar-refractivity contribution < 1.29 is 29.7 Å². The van der Waals surface area contributed by atoms with Crippen molar-refractivity contribution in [1.82, 2.24) is 15.7 Å². The molecule has 20 heavy (non-hydrogen) atoms. The Morgan fingerprint density at radius 1 is 1.35 bits per heavy atom. The van der Waals surface area contributed by atoms with Crippen molar-refractivity contribution in [3.05, 3.63) is 11.5 Å². The first kappa shape index (κ1) is 13.6. The van der Waals surface area contributed by atoms with Crippen LogP contribution in [0.4, 0.5) is 4.79 Å². The van der Waals surface area contributed by atoms with Gasteiger partial charge in [0.2, 0.25) is 5.88 Å². The maximum absolute atomic E-state index is 12.0. The van der Waals surface area contributed by atoms with E-state index in [1.165, 1.54) is 4.90 Å². The Hall–Kier alpha value is -1.39. The maximum Gasteiger partial charge on any atom is 0.326 e. The van der Waals surface area contributed by atoms with Crippen LogP contribution in [0.3, 0.4) is 0 Å². The molecule has 9 nitrogen and oxygen atoms in total. The fourth-order valence-corrected chi connectivity index (χ4v) is 2.57. The number of carbonyl (C=O) groups is 1. The summed E-state index contributed by atoms with van der Waals surface area (Å²) in [5, 5.41) is 31.3. The molecule has 112 valence electrons. The topological polar surface area (TPSA) is 124 Å². The van der Waals surface area contributed by atoms with E-state index >= 15 is 0 Å². The van der Waals surface area contributed by atoms with Crippen LogP contribution in [0.1, 0.15) is 6.42 Å². The van der Waals surface area contributed by atoms with Gasteiger partial charge in [-0.05, 0) is 6.42 Å². The highest BCUT2D eigenvalue weighted by molar-refractivity contribution is 5.78. The smallest absolute Gasteiger partial charge is 0.326 e. The minimum Gasteiger partial charge on any atom is -0.394 e. The van der Waals surface area contributed by atoms with Crippen molar-refractivity contribution in [2.45, 2.75) is 31.0 Å². The van der Waals surface area contributed by atoms with E-state index in [1.807, 2.05) is 0 Å². The number of rotatable bonds is 2. The second-order valence-electron chi connectivity index (χ2n) is 4.97. The Morgan fingerprint density at radius 3 is 2.85 bits per heavy atom. The van der Waals surface area contributed by atoms with Gasteiger partial charge in [-0.15, -0.1) is 0 Å². The zero-order valence-corrected chi connectivity index (χ0v) is 10.7. The SMILES string of the molecule is O=C1NC2=C(CCNO2)CN1[C@@H]1O[C@H](CO)[C@@H](O)[C@H]1O. The Bertz CT molecular complexity index is 442. The lowest BCUT2D eigenvalue weighted by atomic mass is 10.1. The number of nitrogens with zero attached hydrogens (tertiary/aromatic N) is 1. The fourth-order valence-electron chi connectivity index (χ4n) is 2.57. The molecule has 4 atom stereocenters. The van der Waals surface area contributed by atoms with Gasteiger partial charge in [0.05, 0.1) is 13.2 Å². The van der Waals surface area contributed by atoms with Crippen LogP contribution >= 0.6 is 0 Å². The zero-order chi connectivity index (χ0) is 14.3. The molecule has 5 N–H and O–H groups in total. The number of aliphatic hydroxyl groups is 3. The van der Waals surface area contributed by atoms with Crippen molar-refractivity contribution in [2.24, 2.45) is 0 Å². The van der Waals surface area contributed by atoms with Gasteiger partial charge in [0, 0.05) is 12.1 Å². The third-order valence-corrected chi connectivity index (χ3v) is 3.69. The largest absolute Gasteiger partial charge is 0.394 e. The summed E-state index contributed by atoms with van der Waals surface area (Å²) in [6.07, 6.45) is -3.69. The van der Waals surface area contributed by atoms with Gasteiger partial charge in [-0.2, -0.15) is 5.48 Å². The molecule has 0 radical (unpaired) electrons. The van der Waals surface area contributed by atoms with Gasteiger partial charge in [-0.25, -0.2) is 4.79 Å². The van der Waals surface area contributed by atoms with Crippen LogP contribution in [0.2, 0.25) is 0 Å². The van der Waals surface area contributed by atoms with Crippen LogP contribution < -0.4 is 10.8 Å². The molecule has 1 saturated heterocycles. The van der Waals surface area contributed by atoms with Gasteiger partial charge in [0.1, 0.15) is 18.3 Å². The Balaban J connectivity index is 1.78. The Labute approximate surface area is 114 Å². The number of hydrogen-bond donors (Lipinski definition) is 5. The molecule has 1 fully saturated rings. The molecule has 3 aliphatic rings. The molecular weight excluding hydrogens is 270 g/mol. The number of hydrogen-bond acceptors (Lipinski definition) is 7. The van der Waals surface area contributed by atoms with Crippen LogP contribution in [0.15, 0.2) is 11.5 Å². The number of carbonyl (C=O) groups excluding carboxylic acids is 1. The van der Waals surface area contributed by atoms with Crippen LogP contribution in [0.25, 0.3) is 0 Å². The lowest BCUT2D eigenvalue weighted by Crippen LogP contribution is -2.56. The van der Waals surface area contributed by atoms with E-state index in [-0.39, 0.29) is 6.54 Å². The summed E-state index contributed by atoms with van der Waals surface area (Å²) in [7, 11) is 0. The van der Waals surface area contributed by atoms with Crippen molar-refractivity contribution in [2.75, 3.05) is 19.7 Å². The van der Waals surface area contributed by atoms with Gasteiger partial charge in [0.25, 0.3) is 0 Å². The summed E-state index contributed by atoms with van der Waals surface area (Å²) in [6.45, 7) is 0.444. The first-order chi connectivity index (χ1) is 9.61. The first-order valence-electron chi connectivity index (χ1n) is 6.43. The van der Waals surface area contributed by atoms with Crippen LogP contribution in [-0.2, 0) is 9.57 Å². The number of urea groups is 1. The van der Waals surface area contributed by atoms with E-state index in [1.54, 1.807) is 0 Å². The summed E-state index contributed by atoms with van der Waals surface area (Å²) in [4.78, 5) is 18.4. The van der Waals surface area contributed by atoms with Crippen LogP contribution in [0.5, 0.6) is 0 Å². The highest BCUT2D eigenvalue weighted by Gasteiger charge is 2.48. The van der Waals surface area contributed by atoms with Gasteiger partial charge in [-0.3, -0.25) is 10.2 Å². The number of hydroxylamine groups is 1. The summed E-state index contributed by atoms with van der Waals surface area (Å²) in [5.74, 6) is 0.379. The summed E-state index contributed by atoms with van der Waals surface area (Å²) in [6, 6.07) is -0.484. The number of ether oxygens (including phenoxy) is 1. The van der Waals surface area contributed by atoms with E-state index < -0.39 is 37.2 Å². The summed E-state index contributed by atoms with van der Waals surface area (Å²) >= 11 is 0. The van der Waals surface area contributed by atoms with E-state index in [0.29, 0.717) is 18.8 Å². The number of aliphatic hydroxyl groups excluding tert-OH is 3. The molecule has 0 unspecified atom stereocenters. The molecule has 0 aliphatic carbocycles. The third kappa shape index (κ3) is 2.13. The van der Waals surface area contributed by atoms with E-state index in [0.717, 1.165) is 5.57 Å². The van der Waals surface area contributed by atoms with Crippen molar-refractivity contribution in [1.29, 1.82) is 0 Å². The molecule has 0 bridgehead atoms. The third-order valence-electron chi connectivity index (χ3n) is 3.69. The molecule has 0 aromatic rings. The van der Waals surface area contributed by atoms with Crippen molar-refractivity contribution in [3.63, 3.8) is 0 Å². The average molecular weight is 287 g/mol. The molecule has 3 heterocycles. The quantitative estimate of drug-likeness (QED) is 0.383. The second kappa shape index (κ2) is 5.19. The van der Waals surface area contributed by atoms with E-state index in [9.17, 15) is 15.0 Å². The predicted molar refractivity (Wildman–Crippen MR) is 63.7 cm³/mol. The number of nitrogens with one attached hydrogen (secondary N) is 2. The van der Waals surface area contributed by atoms with Gasteiger partial charge in [0.15, 0.2) is 6.23 Å². The van der Waals surface area contributed by atoms with Gasteiger partial charge < -0.3 is 24.9 Å². The predicted octanol–water partition coefficient (Wildman–Crippen LogP) is -2.41. The minimum atomic E-state index is -1.26. The molecule has 0 saturated carbocycles. The molecule has 0 aromatic carbocycles. The lowest BCUT2D eigenvalue weighted by Gasteiger charge is -2.36. The van der Waals surface area contributed by atoms with Crippen LogP contribution in [-0.4, -0.2) is 70.5 Å². The van der Waals surface area contributed by atoms with Crippen molar-refractivity contribution in [3.8, 4) is 0 Å². The molecule has 0 aromatic heterocycles. The lowest BCUT2D eigenvalue weighted by molar-refractivity contribution is -0.0806. The van der Waals surface area contributed by atoms with E-state index in [4.69, 9.17) is 14.7 Å². The monoisotopic (exact) mass is 287 g/mol. The Kier molecular flexibility index (Phi) is 3.52. The average Bonchev–Trinajstić information content (AvgIpc) is 2.74. The van der Waals surface area contributed by atoms with E-state index in [2.05, 4.69) is 10.8 Å². The fraction of sp³-hybridized carbons (Fsp3) is 0.727. The molecular formula is C11H17N3O6. The minimum absolute atomic E-state index is 0.245. The standard InChI is InChI=1S/C11H17N3O6/c15-4-6-7(16)8(17)10(19-6)14-3-5-1-2-12-20-9(5)13-11(14)18/h6-8,10,12,15-17H,1-4H2,(H,13,18)/t6-,7-,8-,10-/m1/s1. The Morgan fingerprint density at radius 2 is 2.15 bits per heavy atom. The summed E-state index contributed by atoms with van der Waals surface area (Å²) in [5.41, 5.74) is 3.55. The van der Waals surface area contributed by atoms with Crippen molar-refractivity contribution >= 4 is 6.03 Å². The zero-order valence-electron chi connectivity index (χ0n) is 10.7. The molecule has 2 amide bonds. The highest BCUT2D eigenvalue weighted by Crippen LogP contribution is 2.28. The van der Waals surface area contributed by atoms with Gasteiger partial charge >= 0.3 is 6.03 Å². The molecule has 3 rings (SSSR count). The normalized spacial score (nSPS) is 37.5. The van der Waals surface area contributed by atoms with Crippen LogP contribution in [0, 0.1) is 0 Å². The first-order valence-corrected chi connectivity index (χ1v) is 6.43. The number of amides is 2. The molecule has 3 aliphatic heterocycles. The maximum atomic E-state index is 12.0. The summed E-state index contributed by atoms with van der Waals surface area (Å²) < 4.78 is 5.36. The highest BCUT2D eigenvalue weighted by atomic mass is 16.7. The molecule has 9 heteroatoms. The second-order valence-corrected chi connectivity index (χ2v) is 4.97.